The van der Waals surface area contributed by atoms with Crippen molar-refractivity contribution < 1.29 is 18.7 Å². The molecule has 32 heavy (non-hydrogen) atoms. The van der Waals surface area contributed by atoms with Gasteiger partial charge in [0.1, 0.15) is 12.4 Å². The first-order valence-corrected chi connectivity index (χ1v) is 10.4. The van der Waals surface area contributed by atoms with Gasteiger partial charge in [0.15, 0.2) is 11.5 Å². The van der Waals surface area contributed by atoms with Crippen LogP contribution in [0, 0.1) is 5.82 Å². The van der Waals surface area contributed by atoms with Gasteiger partial charge in [0.2, 0.25) is 5.91 Å². The summed E-state index contributed by atoms with van der Waals surface area (Å²) in [7, 11) is 0. The molecule has 0 aromatic heterocycles. The molecule has 0 spiro atoms. The van der Waals surface area contributed by atoms with E-state index in [2.05, 4.69) is 5.32 Å². The van der Waals surface area contributed by atoms with Gasteiger partial charge in [0.25, 0.3) is 5.91 Å². The summed E-state index contributed by atoms with van der Waals surface area (Å²) in [4.78, 5) is 27.0. The molecular weight excluding hydrogens is 454 g/mol. The number of anilines is 1. The molecule has 0 aliphatic carbocycles. The third-order valence-corrected chi connectivity index (χ3v) is 5.39. The van der Waals surface area contributed by atoms with Crippen LogP contribution in [0.15, 0.2) is 72.5 Å². The van der Waals surface area contributed by atoms with Gasteiger partial charge >= 0.3 is 0 Å². The molecule has 0 saturated carbocycles. The van der Waals surface area contributed by atoms with Crippen LogP contribution in [0.3, 0.4) is 0 Å². The summed E-state index contributed by atoms with van der Waals surface area (Å²) in [5.41, 5.74) is 1.34. The lowest BCUT2D eigenvalue weighted by atomic mass is 10.1. The molecule has 1 heterocycles. The van der Waals surface area contributed by atoms with Crippen molar-refractivity contribution in [3.05, 3.63) is 99.5 Å². The Morgan fingerprint density at radius 2 is 1.78 bits per heavy atom. The number of halogens is 3. The van der Waals surface area contributed by atoms with E-state index in [1.807, 2.05) is 0 Å². The quantitative estimate of drug-likeness (QED) is 0.520. The van der Waals surface area contributed by atoms with Crippen molar-refractivity contribution in [2.75, 3.05) is 11.4 Å². The first kappa shape index (κ1) is 21.9. The smallest absolute Gasteiger partial charge is 0.294 e. The summed E-state index contributed by atoms with van der Waals surface area (Å²) >= 11 is 12.0. The lowest BCUT2D eigenvalue weighted by Crippen LogP contribution is -2.44. The molecule has 8 heteroatoms. The first-order valence-electron chi connectivity index (χ1n) is 9.68. The van der Waals surface area contributed by atoms with Crippen LogP contribution in [0.25, 0.3) is 6.08 Å². The Kier molecular flexibility index (Phi) is 6.44. The van der Waals surface area contributed by atoms with Crippen LogP contribution in [0.2, 0.25) is 10.0 Å². The highest BCUT2D eigenvalue weighted by atomic mass is 35.5. The van der Waals surface area contributed by atoms with E-state index < -0.39 is 11.7 Å². The average Bonchev–Trinajstić information content (AvgIpc) is 2.78. The van der Waals surface area contributed by atoms with Gasteiger partial charge in [-0.05, 0) is 48.0 Å². The number of carbonyl (C=O) groups excluding carboxylic acids is 2. The standard InChI is InChI=1S/C24H17Cl2FN2O3/c25-16-10-8-15(9-11-16)13-28-23(30)14-29-20-6-1-2-7-21(20)32-22(24(29)31)12-17-18(26)4-3-5-19(17)27/h1-12H,13-14H2,(H,28,30). The number of ether oxygens (including phenoxy) is 1. The van der Waals surface area contributed by atoms with Crippen molar-refractivity contribution in [3.63, 3.8) is 0 Å². The topological polar surface area (TPSA) is 58.6 Å². The summed E-state index contributed by atoms with van der Waals surface area (Å²) in [6, 6.07) is 18.1. The number of benzene rings is 3. The number of carbonyl (C=O) groups is 2. The SMILES string of the molecule is O=C(CN1C(=O)C(=Cc2c(F)cccc2Cl)Oc2ccccc21)NCc1ccc(Cl)cc1. The zero-order valence-corrected chi connectivity index (χ0v) is 18.2. The maximum Gasteiger partial charge on any atom is 0.294 e. The molecule has 0 fully saturated rings. The second-order valence-electron chi connectivity index (χ2n) is 7.01. The van der Waals surface area contributed by atoms with Crippen LogP contribution in [0.4, 0.5) is 10.1 Å². The van der Waals surface area contributed by atoms with Gasteiger partial charge in [-0.25, -0.2) is 4.39 Å². The zero-order valence-electron chi connectivity index (χ0n) is 16.6. The van der Waals surface area contributed by atoms with Crippen LogP contribution >= 0.6 is 23.2 Å². The van der Waals surface area contributed by atoms with E-state index in [1.54, 1.807) is 48.5 Å². The average molecular weight is 471 g/mol. The molecule has 2 amide bonds. The summed E-state index contributed by atoms with van der Waals surface area (Å²) in [6.07, 6.45) is 1.24. The van der Waals surface area contributed by atoms with E-state index in [0.29, 0.717) is 16.5 Å². The van der Waals surface area contributed by atoms with E-state index in [9.17, 15) is 14.0 Å². The first-order chi connectivity index (χ1) is 15.4. The number of hydrogen-bond donors (Lipinski definition) is 1. The summed E-state index contributed by atoms with van der Waals surface area (Å²) in [5, 5.41) is 3.52. The molecule has 4 rings (SSSR count). The third-order valence-electron chi connectivity index (χ3n) is 4.81. The molecule has 1 N–H and O–H groups in total. The number of nitrogens with zero attached hydrogens (tertiary/aromatic N) is 1. The molecule has 3 aromatic carbocycles. The Morgan fingerprint density at radius 3 is 2.53 bits per heavy atom. The van der Waals surface area contributed by atoms with Crippen molar-refractivity contribution in [3.8, 4) is 5.75 Å². The highest BCUT2D eigenvalue weighted by Gasteiger charge is 2.32. The van der Waals surface area contributed by atoms with Gasteiger partial charge in [-0.15, -0.1) is 0 Å². The van der Waals surface area contributed by atoms with Crippen LogP contribution in [0.5, 0.6) is 5.75 Å². The highest BCUT2D eigenvalue weighted by Crippen LogP contribution is 2.36. The van der Waals surface area contributed by atoms with Crippen LogP contribution in [-0.2, 0) is 16.1 Å². The maximum atomic E-state index is 14.2. The van der Waals surface area contributed by atoms with Gasteiger partial charge in [-0.3, -0.25) is 14.5 Å². The summed E-state index contributed by atoms with van der Waals surface area (Å²) in [6.45, 7) is 0.0405. The fraction of sp³-hybridized carbons (Fsp3) is 0.0833. The van der Waals surface area contributed by atoms with E-state index in [0.717, 1.165) is 5.56 Å². The van der Waals surface area contributed by atoms with Gasteiger partial charge in [-0.1, -0.05) is 53.5 Å². The Morgan fingerprint density at radius 1 is 1.03 bits per heavy atom. The number of nitrogens with one attached hydrogen (secondary N) is 1. The van der Waals surface area contributed by atoms with E-state index in [4.69, 9.17) is 27.9 Å². The van der Waals surface area contributed by atoms with E-state index >= 15 is 0 Å². The fourth-order valence-electron chi connectivity index (χ4n) is 3.20. The predicted octanol–water partition coefficient (Wildman–Crippen LogP) is 5.22. The molecule has 1 aliphatic heterocycles. The molecule has 3 aromatic rings. The van der Waals surface area contributed by atoms with Crippen LogP contribution in [-0.4, -0.2) is 18.4 Å². The second-order valence-corrected chi connectivity index (χ2v) is 7.85. The zero-order chi connectivity index (χ0) is 22.7. The predicted molar refractivity (Wildman–Crippen MR) is 122 cm³/mol. The largest absolute Gasteiger partial charge is 0.449 e. The molecule has 0 unspecified atom stereocenters. The van der Waals surface area contributed by atoms with Crippen molar-refractivity contribution in [1.29, 1.82) is 0 Å². The number of amides is 2. The molecule has 1 aliphatic rings. The number of fused-ring (bicyclic) bond motifs is 1. The molecular formula is C24H17Cl2FN2O3. The second kappa shape index (κ2) is 9.42. The highest BCUT2D eigenvalue weighted by molar-refractivity contribution is 6.32. The Balaban J connectivity index is 1.57. The summed E-state index contributed by atoms with van der Waals surface area (Å²) < 4.78 is 20.0. The number of para-hydroxylation sites is 2. The molecule has 5 nitrogen and oxygen atoms in total. The molecule has 0 bridgehead atoms. The number of hydrogen-bond acceptors (Lipinski definition) is 3. The minimum atomic E-state index is -0.590. The van der Waals surface area contributed by atoms with E-state index in [-0.39, 0.29) is 35.3 Å². The van der Waals surface area contributed by atoms with Crippen LogP contribution < -0.4 is 15.0 Å². The Hall–Kier alpha value is -3.35. The van der Waals surface area contributed by atoms with Gasteiger partial charge in [0, 0.05) is 17.1 Å². The van der Waals surface area contributed by atoms with Gasteiger partial charge in [-0.2, -0.15) is 0 Å². The molecule has 0 radical (unpaired) electrons. The molecule has 162 valence electrons. The fourth-order valence-corrected chi connectivity index (χ4v) is 3.54. The van der Waals surface area contributed by atoms with E-state index in [1.165, 1.54) is 29.2 Å². The van der Waals surface area contributed by atoms with Crippen molar-refractivity contribution in [2.45, 2.75) is 6.54 Å². The van der Waals surface area contributed by atoms with Crippen molar-refractivity contribution >= 4 is 46.8 Å². The number of rotatable bonds is 5. The molecule has 0 saturated heterocycles. The minimum absolute atomic E-state index is 0.0315. The lowest BCUT2D eigenvalue weighted by molar-refractivity contribution is -0.123. The normalized spacial score (nSPS) is 14.2. The monoisotopic (exact) mass is 470 g/mol. The van der Waals surface area contributed by atoms with Crippen LogP contribution in [0.1, 0.15) is 11.1 Å². The van der Waals surface area contributed by atoms with Gasteiger partial charge < -0.3 is 10.1 Å². The minimum Gasteiger partial charge on any atom is -0.449 e. The van der Waals surface area contributed by atoms with Crippen molar-refractivity contribution in [1.82, 2.24) is 5.32 Å². The Labute approximate surface area is 194 Å². The summed E-state index contributed by atoms with van der Waals surface area (Å²) in [5.74, 6) is -1.30. The Bertz CT molecular complexity index is 1190. The lowest BCUT2D eigenvalue weighted by Gasteiger charge is -2.30. The van der Waals surface area contributed by atoms with Gasteiger partial charge in [0.05, 0.1) is 10.7 Å². The third kappa shape index (κ3) is 4.77. The van der Waals surface area contributed by atoms with Crippen molar-refractivity contribution in [2.24, 2.45) is 0 Å². The maximum absolute atomic E-state index is 14.2. The molecule has 0 atom stereocenters.